The first-order chi connectivity index (χ1) is 8.37. The summed E-state index contributed by atoms with van der Waals surface area (Å²) < 4.78 is 6.77. The summed E-state index contributed by atoms with van der Waals surface area (Å²) in [5, 5.41) is 29.1. The van der Waals surface area contributed by atoms with Crippen LogP contribution in [0.3, 0.4) is 0 Å². The van der Waals surface area contributed by atoms with Gasteiger partial charge in [0.15, 0.2) is 11.0 Å². The Labute approximate surface area is 107 Å². The van der Waals surface area contributed by atoms with Crippen molar-refractivity contribution in [3.8, 4) is 0 Å². The van der Waals surface area contributed by atoms with Crippen LogP contribution in [0.25, 0.3) is 0 Å². The summed E-state index contributed by atoms with van der Waals surface area (Å²) in [6.07, 6.45) is -1.76. The molecule has 0 aliphatic carbocycles. The molecule has 4 atom stereocenters. The number of aliphatic hydroxyl groups excluding tert-OH is 2. The van der Waals surface area contributed by atoms with E-state index >= 15 is 0 Å². The number of aromatic amines is 1. The zero-order chi connectivity index (χ0) is 13.5. The molecule has 4 N–H and O–H groups in total. The second-order valence-corrected chi connectivity index (χ2v) is 4.78. The molecule has 0 aromatic carbocycles. The summed E-state index contributed by atoms with van der Waals surface area (Å²) in [5.41, 5.74) is -1.99. The highest BCUT2D eigenvalue weighted by Crippen LogP contribution is 2.37. The lowest BCUT2D eigenvalue weighted by Gasteiger charge is -2.27. The lowest BCUT2D eigenvalue weighted by Crippen LogP contribution is -2.44. The van der Waals surface area contributed by atoms with Gasteiger partial charge in [-0.3, -0.25) is 14.3 Å². The van der Waals surface area contributed by atoms with Crippen LogP contribution in [0.1, 0.15) is 13.2 Å². The predicted octanol–water partition coefficient (Wildman–Crippen LogP) is -1.09. The average molecular weight is 274 g/mol. The molecular formula is C10H14N2O5S. The Bertz CT molecular complexity index is 552. The number of H-pyrrole nitrogens is 1. The van der Waals surface area contributed by atoms with E-state index in [1.54, 1.807) is 0 Å². The Balaban J connectivity index is 2.45. The maximum absolute atomic E-state index is 11.1. The fourth-order valence-corrected chi connectivity index (χ4v) is 2.26. The Morgan fingerprint density at radius 3 is 2.83 bits per heavy atom. The van der Waals surface area contributed by atoms with Gasteiger partial charge in [0.05, 0.1) is 6.61 Å². The van der Waals surface area contributed by atoms with E-state index in [-0.39, 0.29) is 10.3 Å². The number of hydrogen-bond acceptors (Lipinski definition) is 6. The quantitative estimate of drug-likeness (QED) is 0.510. The number of rotatable bonds is 2. The van der Waals surface area contributed by atoms with E-state index in [4.69, 9.17) is 22.1 Å². The first-order valence-electron chi connectivity index (χ1n) is 5.36. The van der Waals surface area contributed by atoms with Crippen molar-refractivity contribution < 1.29 is 20.1 Å². The molecular weight excluding hydrogens is 260 g/mol. The number of aliphatic hydroxyl groups is 3. The first-order valence-corrected chi connectivity index (χ1v) is 5.77. The van der Waals surface area contributed by atoms with Crippen molar-refractivity contribution in [2.45, 2.75) is 31.0 Å². The maximum atomic E-state index is 11.1. The molecule has 2 rings (SSSR count). The van der Waals surface area contributed by atoms with E-state index in [0.29, 0.717) is 0 Å². The largest absolute Gasteiger partial charge is 0.394 e. The topological polar surface area (TPSA) is 108 Å². The number of nitrogens with one attached hydrogen (secondary N) is 1. The Morgan fingerprint density at radius 2 is 2.33 bits per heavy atom. The van der Waals surface area contributed by atoms with Crippen LogP contribution in [0, 0.1) is 4.77 Å². The summed E-state index contributed by atoms with van der Waals surface area (Å²) in [6, 6.07) is 1.23. The monoisotopic (exact) mass is 274 g/mol. The van der Waals surface area contributed by atoms with Crippen LogP contribution in [-0.4, -0.2) is 49.3 Å². The predicted molar refractivity (Wildman–Crippen MR) is 63.5 cm³/mol. The summed E-state index contributed by atoms with van der Waals surface area (Å²) in [5.74, 6) is 0. The molecule has 1 aliphatic heterocycles. The van der Waals surface area contributed by atoms with E-state index < -0.39 is 30.6 Å². The van der Waals surface area contributed by atoms with Crippen molar-refractivity contribution in [3.05, 3.63) is 27.4 Å². The second kappa shape index (κ2) is 4.56. The minimum Gasteiger partial charge on any atom is -0.394 e. The van der Waals surface area contributed by atoms with Crippen molar-refractivity contribution in [2.24, 2.45) is 0 Å². The number of aromatic nitrogens is 2. The van der Waals surface area contributed by atoms with E-state index in [2.05, 4.69) is 4.98 Å². The van der Waals surface area contributed by atoms with Gasteiger partial charge in [-0.05, 0) is 19.1 Å². The van der Waals surface area contributed by atoms with Gasteiger partial charge in [0.2, 0.25) is 0 Å². The fraction of sp³-hybridized carbons (Fsp3) is 0.600. The van der Waals surface area contributed by atoms with E-state index in [9.17, 15) is 15.0 Å². The summed E-state index contributed by atoms with van der Waals surface area (Å²) >= 11 is 4.96. The van der Waals surface area contributed by atoms with Crippen molar-refractivity contribution in [2.75, 3.05) is 6.61 Å². The van der Waals surface area contributed by atoms with Crippen LogP contribution in [0.5, 0.6) is 0 Å². The third kappa shape index (κ3) is 2.02. The van der Waals surface area contributed by atoms with Crippen molar-refractivity contribution in [1.29, 1.82) is 0 Å². The molecule has 1 fully saturated rings. The van der Waals surface area contributed by atoms with Crippen LogP contribution in [0.2, 0.25) is 0 Å². The van der Waals surface area contributed by atoms with E-state index in [1.165, 1.54) is 23.8 Å². The smallest absolute Gasteiger partial charge is 0.251 e. The third-order valence-corrected chi connectivity index (χ3v) is 3.35. The molecule has 1 aromatic heterocycles. The highest BCUT2D eigenvalue weighted by molar-refractivity contribution is 7.71. The van der Waals surface area contributed by atoms with Gasteiger partial charge in [-0.1, -0.05) is 0 Å². The Morgan fingerprint density at radius 1 is 1.67 bits per heavy atom. The van der Waals surface area contributed by atoms with Gasteiger partial charge in [0.1, 0.15) is 17.8 Å². The standard InChI is InChI=1S/C10H14N2O5S/c1-10(16)7(15)5(4-13)17-8(10)12-3-2-6(14)11-9(12)18/h2-3,5,7-8,13,15-16H,4H2,1H3,(H,11,14,18)/t5-,7?,8-,10+/m1/s1. The van der Waals surface area contributed by atoms with Gasteiger partial charge in [0.25, 0.3) is 5.56 Å². The highest BCUT2D eigenvalue weighted by atomic mass is 32.1. The van der Waals surface area contributed by atoms with Crippen LogP contribution in [0.15, 0.2) is 17.1 Å². The van der Waals surface area contributed by atoms with Gasteiger partial charge in [-0.15, -0.1) is 0 Å². The lowest BCUT2D eigenvalue weighted by molar-refractivity contribution is -0.0979. The highest BCUT2D eigenvalue weighted by Gasteiger charge is 2.52. The molecule has 0 bridgehead atoms. The molecule has 0 radical (unpaired) electrons. The van der Waals surface area contributed by atoms with E-state index in [0.717, 1.165) is 0 Å². The van der Waals surface area contributed by atoms with Crippen LogP contribution in [-0.2, 0) is 4.74 Å². The Kier molecular flexibility index (Phi) is 3.39. The van der Waals surface area contributed by atoms with Crippen molar-refractivity contribution in [3.63, 3.8) is 0 Å². The third-order valence-electron chi connectivity index (χ3n) is 3.04. The molecule has 18 heavy (non-hydrogen) atoms. The van der Waals surface area contributed by atoms with Gasteiger partial charge in [0, 0.05) is 12.3 Å². The molecule has 1 unspecified atom stereocenters. The summed E-state index contributed by atoms with van der Waals surface area (Å²) in [7, 11) is 0. The first kappa shape index (κ1) is 13.4. The molecule has 0 spiro atoms. The normalized spacial score (nSPS) is 35.9. The molecule has 100 valence electrons. The lowest BCUT2D eigenvalue weighted by atomic mass is 9.96. The minimum atomic E-state index is -1.62. The summed E-state index contributed by atoms with van der Waals surface area (Å²) in [4.78, 5) is 13.5. The van der Waals surface area contributed by atoms with Crippen LogP contribution >= 0.6 is 12.2 Å². The second-order valence-electron chi connectivity index (χ2n) is 4.40. The van der Waals surface area contributed by atoms with E-state index in [1.807, 2.05) is 0 Å². The van der Waals surface area contributed by atoms with Gasteiger partial charge < -0.3 is 20.1 Å². The molecule has 1 aromatic rings. The fourth-order valence-electron chi connectivity index (χ4n) is 2.00. The average Bonchev–Trinajstić information content (AvgIpc) is 2.52. The Hall–Kier alpha value is -1.06. The maximum Gasteiger partial charge on any atom is 0.251 e. The van der Waals surface area contributed by atoms with Crippen LogP contribution < -0.4 is 5.56 Å². The zero-order valence-electron chi connectivity index (χ0n) is 9.61. The zero-order valence-corrected chi connectivity index (χ0v) is 10.4. The van der Waals surface area contributed by atoms with Gasteiger partial charge in [-0.2, -0.15) is 0 Å². The van der Waals surface area contributed by atoms with Gasteiger partial charge in [-0.25, -0.2) is 0 Å². The number of hydrogen-bond donors (Lipinski definition) is 4. The molecule has 0 amide bonds. The molecule has 2 heterocycles. The SMILES string of the molecule is C[C@]1(O)C(O)[C@@H](CO)O[C@H]1n1ccc(=O)[nH]c1=S. The number of ether oxygens (including phenoxy) is 1. The molecule has 0 saturated carbocycles. The van der Waals surface area contributed by atoms with Crippen LogP contribution in [0.4, 0.5) is 0 Å². The number of nitrogens with zero attached hydrogens (tertiary/aromatic N) is 1. The molecule has 8 heteroatoms. The molecule has 1 aliphatic rings. The van der Waals surface area contributed by atoms with Crippen molar-refractivity contribution >= 4 is 12.2 Å². The minimum absolute atomic E-state index is 0.0681. The molecule has 7 nitrogen and oxygen atoms in total. The van der Waals surface area contributed by atoms with Gasteiger partial charge >= 0.3 is 0 Å². The summed E-state index contributed by atoms with van der Waals surface area (Å²) in [6.45, 7) is 0.954. The van der Waals surface area contributed by atoms with Crippen molar-refractivity contribution in [1.82, 2.24) is 9.55 Å². The molecule has 1 saturated heterocycles.